The SMILES string of the molecule is NCC#Cc1ccc(CNC(=O)c2c(F)cccc2F)s1. The second kappa shape index (κ2) is 6.97. The lowest BCUT2D eigenvalue weighted by Crippen LogP contribution is -2.24. The molecule has 0 fully saturated rings. The molecule has 2 aromatic rings. The molecule has 0 unspecified atom stereocenters. The summed E-state index contributed by atoms with van der Waals surface area (Å²) in [6.45, 7) is 0.456. The van der Waals surface area contributed by atoms with E-state index in [4.69, 9.17) is 5.73 Å². The average molecular weight is 306 g/mol. The third-order valence-electron chi connectivity index (χ3n) is 2.59. The van der Waals surface area contributed by atoms with E-state index >= 15 is 0 Å². The topological polar surface area (TPSA) is 55.1 Å². The van der Waals surface area contributed by atoms with E-state index in [0.717, 1.165) is 21.9 Å². The molecule has 6 heteroatoms. The van der Waals surface area contributed by atoms with Crippen molar-refractivity contribution in [3.63, 3.8) is 0 Å². The Labute approximate surface area is 124 Å². The standard InChI is InChI=1S/C15H12F2N2OS/c16-12-4-1-5-13(17)14(12)15(20)19-9-11-7-6-10(21-11)3-2-8-18/h1,4-7H,8-9,18H2,(H,19,20). The van der Waals surface area contributed by atoms with Crippen LogP contribution in [0.3, 0.4) is 0 Å². The molecule has 1 heterocycles. The summed E-state index contributed by atoms with van der Waals surface area (Å²) in [6.07, 6.45) is 0. The molecule has 3 N–H and O–H groups in total. The predicted octanol–water partition coefficient (Wildman–Crippen LogP) is 2.27. The van der Waals surface area contributed by atoms with Gasteiger partial charge in [-0.2, -0.15) is 0 Å². The molecule has 0 aliphatic carbocycles. The number of halogens is 2. The first kappa shape index (κ1) is 15.2. The van der Waals surface area contributed by atoms with Gasteiger partial charge in [-0.05, 0) is 24.3 Å². The number of carbonyl (C=O) groups is 1. The van der Waals surface area contributed by atoms with Crippen LogP contribution in [0.25, 0.3) is 0 Å². The fourth-order valence-corrected chi connectivity index (χ4v) is 2.47. The van der Waals surface area contributed by atoms with E-state index < -0.39 is 23.1 Å². The smallest absolute Gasteiger partial charge is 0.257 e. The van der Waals surface area contributed by atoms with Crippen LogP contribution in [0, 0.1) is 23.5 Å². The zero-order valence-electron chi connectivity index (χ0n) is 11.0. The number of nitrogens with two attached hydrogens (primary N) is 1. The Balaban J connectivity index is 2.03. The normalized spacial score (nSPS) is 9.86. The minimum absolute atomic E-state index is 0.182. The molecule has 1 aromatic carbocycles. The van der Waals surface area contributed by atoms with Gasteiger partial charge in [-0.15, -0.1) is 11.3 Å². The molecule has 1 amide bonds. The summed E-state index contributed by atoms with van der Waals surface area (Å²) in [6, 6.07) is 6.90. The summed E-state index contributed by atoms with van der Waals surface area (Å²) in [5.74, 6) is 3.05. The third-order valence-corrected chi connectivity index (χ3v) is 3.59. The van der Waals surface area contributed by atoms with Gasteiger partial charge in [0.25, 0.3) is 5.91 Å². The molecule has 0 atom stereocenters. The van der Waals surface area contributed by atoms with Crippen LogP contribution in [-0.4, -0.2) is 12.5 Å². The highest BCUT2D eigenvalue weighted by molar-refractivity contribution is 7.12. The van der Waals surface area contributed by atoms with E-state index in [2.05, 4.69) is 17.2 Å². The van der Waals surface area contributed by atoms with E-state index in [1.807, 2.05) is 0 Å². The Morgan fingerprint density at radius 3 is 2.62 bits per heavy atom. The first-order chi connectivity index (χ1) is 10.1. The maximum absolute atomic E-state index is 13.4. The Kier molecular flexibility index (Phi) is 5.04. The van der Waals surface area contributed by atoms with E-state index in [9.17, 15) is 13.6 Å². The van der Waals surface area contributed by atoms with Gasteiger partial charge in [0.05, 0.1) is 18.0 Å². The van der Waals surface area contributed by atoms with Crippen molar-refractivity contribution >= 4 is 17.2 Å². The molecule has 1 aromatic heterocycles. The van der Waals surface area contributed by atoms with Gasteiger partial charge in [-0.1, -0.05) is 17.9 Å². The molecule has 21 heavy (non-hydrogen) atoms. The molecule has 0 aliphatic rings. The Bertz CT molecular complexity index is 696. The zero-order chi connectivity index (χ0) is 15.2. The summed E-state index contributed by atoms with van der Waals surface area (Å²) in [4.78, 5) is 13.5. The van der Waals surface area contributed by atoms with E-state index in [1.165, 1.54) is 17.4 Å². The van der Waals surface area contributed by atoms with Gasteiger partial charge in [0, 0.05) is 4.88 Å². The molecule has 0 radical (unpaired) electrons. The van der Waals surface area contributed by atoms with Crippen molar-refractivity contribution in [2.24, 2.45) is 5.73 Å². The van der Waals surface area contributed by atoms with Gasteiger partial charge >= 0.3 is 0 Å². The first-order valence-electron chi connectivity index (χ1n) is 6.11. The second-order valence-electron chi connectivity index (χ2n) is 4.05. The van der Waals surface area contributed by atoms with Crippen LogP contribution in [-0.2, 0) is 6.54 Å². The minimum atomic E-state index is -0.881. The highest BCUT2D eigenvalue weighted by Crippen LogP contribution is 2.16. The maximum atomic E-state index is 13.4. The van der Waals surface area contributed by atoms with Gasteiger partial charge in [-0.25, -0.2) is 8.78 Å². The highest BCUT2D eigenvalue weighted by atomic mass is 32.1. The average Bonchev–Trinajstić information content (AvgIpc) is 2.90. The van der Waals surface area contributed by atoms with Crippen molar-refractivity contribution in [3.05, 3.63) is 57.3 Å². The number of nitrogens with one attached hydrogen (secondary N) is 1. The molecule has 3 nitrogen and oxygen atoms in total. The number of thiophene rings is 1. The van der Waals surface area contributed by atoms with E-state index in [1.54, 1.807) is 12.1 Å². The third kappa shape index (κ3) is 3.88. The maximum Gasteiger partial charge on any atom is 0.257 e. The number of benzene rings is 1. The predicted molar refractivity (Wildman–Crippen MR) is 77.8 cm³/mol. The summed E-state index contributed by atoms with van der Waals surface area (Å²) in [5.41, 5.74) is 4.71. The van der Waals surface area contributed by atoms with Crippen LogP contribution in [0.1, 0.15) is 20.1 Å². The van der Waals surface area contributed by atoms with Crippen LogP contribution in [0.4, 0.5) is 8.78 Å². The second-order valence-corrected chi connectivity index (χ2v) is 5.22. The van der Waals surface area contributed by atoms with Crippen molar-refractivity contribution in [1.29, 1.82) is 0 Å². The molecule has 0 saturated carbocycles. The van der Waals surface area contributed by atoms with Crippen molar-refractivity contribution in [1.82, 2.24) is 5.32 Å². The summed E-state index contributed by atoms with van der Waals surface area (Å²) in [5, 5.41) is 2.48. The summed E-state index contributed by atoms with van der Waals surface area (Å²) >= 11 is 1.39. The summed E-state index contributed by atoms with van der Waals surface area (Å²) < 4.78 is 26.9. The number of amides is 1. The molecule has 0 saturated heterocycles. The molecular weight excluding hydrogens is 294 g/mol. The fourth-order valence-electron chi connectivity index (χ4n) is 1.65. The Hall–Kier alpha value is -2.23. The Morgan fingerprint density at radius 2 is 1.95 bits per heavy atom. The largest absolute Gasteiger partial charge is 0.347 e. The highest BCUT2D eigenvalue weighted by Gasteiger charge is 2.16. The number of carbonyl (C=O) groups excluding carboxylic acids is 1. The Morgan fingerprint density at radius 1 is 1.24 bits per heavy atom. The van der Waals surface area contributed by atoms with Gasteiger partial charge < -0.3 is 11.1 Å². The lowest BCUT2D eigenvalue weighted by Gasteiger charge is -2.05. The lowest BCUT2D eigenvalue weighted by atomic mass is 10.2. The van der Waals surface area contributed by atoms with Gasteiger partial charge in [-0.3, -0.25) is 4.79 Å². The summed E-state index contributed by atoms with van der Waals surface area (Å²) in [7, 11) is 0. The van der Waals surface area contributed by atoms with Crippen LogP contribution in [0.15, 0.2) is 30.3 Å². The molecular formula is C15H12F2N2OS. The molecule has 0 aliphatic heterocycles. The molecule has 0 spiro atoms. The number of rotatable bonds is 3. The van der Waals surface area contributed by atoms with Gasteiger partial charge in [0.2, 0.25) is 0 Å². The van der Waals surface area contributed by atoms with E-state index in [-0.39, 0.29) is 13.1 Å². The zero-order valence-corrected chi connectivity index (χ0v) is 11.8. The van der Waals surface area contributed by atoms with Crippen LogP contribution >= 0.6 is 11.3 Å². The van der Waals surface area contributed by atoms with Crippen LogP contribution in [0.2, 0.25) is 0 Å². The van der Waals surface area contributed by atoms with Crippen LogP contribution in [0.5, 0.6) is 0 Å². The van der Waals surface area contributed by atoms with Crippen molar-refractivity contribution < 1.29 is 13.6 Å². The van der Waals surface area contributed by atoms with Crippen molar-refractivity contribution in [2.75, 3.05) is 6.54 Å². The fraction of sp³-hybridized carbons (Fsp3) is 0.133. The number of hydrogen-bond donors (Lipinski definition) is 2. The molecule has 2 rings (SSSR count). The molecule has 0 bridgehead atoms. The number of hydrogen-bond acceptors (Lipinski definition) is 3. The minimum Gasteiger partial charge on any atom is -0.347 e. The first-order valence-corrected chi connectivity index (χ1v) is 6.93. The lowest BCUT2D eigenvalue weighted by molar-refractivity contribution is 0.0943. The van der Waals surface area contributed by atoms with Gasteiger partial charge in [0.15, 0.2) is 0 Å². The monoisotopic (exact) mass is 306 g/mol. The van der Waals surface area contributed by atoms with Crippen molar-refractivity contribution in [2.45, 2.75) is 6.54 Å². The van der Waals surface area contributed by atoms with Gasteiger partial charge in [0.1, 0.15) is 17.2 Å². The molecule has 108 valence electrons. The quantitative estimate of drug-likeness (QED) is 0.855. The van der Waals surface area contributed by atoms with E-state index in [0.29, 0.717) is 0 Å². The van der Waals surface area contributed by atoms with Crippen LogP contribution < -0.4 is 11.1 Å². The van der Waals surface area contributed by atoms with Crippen molar-refractivity contribution in [3.8, 4) is 11.8 Å².